The zero-order valence-electron chi connectivity index (χ0n) is 12.1. The van der Waals surface area contributed by atoms with Crippen molar-refractivity contribution in [3.63, 3.8) is 0 Å². The lowest BCUT2D eigenvalue weighted by Gasteiger charge is -2.31. The Labute approximate surface area is 110 Å². The van der Waals surface area contributed by atoms with Crippen molar-refractivity contribution in [1.82, 2.24) is 10.2 Å². The summed E-state index contributed by atoms with van der Waals surface area (Å²) >= 11 is 0. The van der Waals surface area contributed by atoms with Gasteiger partial charge in [0.05, 0.1) is 12.6 Å². The van der Waals surface area contributed by atoms with Crippen LogP contribution < -0.4 is 5.32 Å². The fourth-order valence-corrected chi connectivity index (χ4v) is 1.56. The van der Waals surface area contributed by atoms with Crippen molar-refractivity contribution in [2.45, 2.75) is 59.0 Å². The van der Waals surface area contributed by atoms with Crippen LogP contribution in [0.4, 0.5) is 0 Å². The van der Waals surface area contributed by atoms with Gasteiger partial charge in [0, 0.05) is 5.54 Å². The van der Waals surface area contributed by atoms with Gasteiger partial charge in [-0.2, -0.15) is 0 Å². The third-order valence-electron chi connectivity index (χ3n) is 3.12. The monoisotopic (exact) mass is 258 g/mol. The smallest absolute Gasteiger partial charge is 0.317 e. The van der Waals surface area contributed by atoms with E-state index in [-0.39, 0.29) is 18.0 Å². The first-order valence-corrected chi connectivity index (χ1v) is 6.51. The first kappa shape index (κ1) is 16.9. The molecule has 0 saturated carbocycles. The first-order chi connectivity index (χ1) is 8.23. The minimum Gasteiger partial charge on any atom is -0.480 e. The van der Waals surface area contributed by atoms with Gasteiger partial charge in [0.15, 0.2) is 0 Å². The molecule has 0 rings (SSSR count). The van der Waals surface area contributed by atoms with Gasteiger partial charge in [-0.1, -0.05) is 13.8 Å². The molecule has 2 N–H and O–H groups in total. The van der Waals surface area contributed by atoms with E-state index in [4.69, 9.17) is 5.11 Å². The average molecular weight is 258 g/mol. The van der Waals surface area contributed by atoms with Crippen LogP contribution in [0, 0.1) is 0 Å². The summed E-state index contributed by atoms with van der Waals surface area (Å²) in [7, 11) is 0. The van der Waals surface area contributed by atoms with Crippen LogP contribution in [0.5, 0.6) is 0 Å². The molecule has 18 heavy (non-hydrogen) atoms. The number of carboxylic acid groups (broad SMARTS) is 1. The van der Waals surface area contributed by atoms with E-state index in [2.05, 4.69) is 5.32 Å². The number of rotatable bonds is 8. The molecule has 0 aliphatic heterocycles. The highest BCUT2D eigenvalue weighted by Crippen LogP contribution is 2.09. The summed E-state index contributed by atoms with van der Waals surface area (Å²) in [6.45, 7) is 10.1. The molecule has 0 fully saturated rings. The van der Waals surface area contributed by atoms with Crippen molar-refractivity contribution in [2.75, 3.05) is 13.1 Å². The third-order valence-corrected chi connectivity index (χ3v) is 3.12. The average Bonchev–Trinajstić information content (AvgIpc) is 2.26. The molecule has 0 aliphatic rings. The Morgan fingerprint density at radius 3 is 2.28 bits per heavy atom. The summed E-state index contributed by atoms with van der Waals surface area (Å²) in [5.41, 5.74) is -0.257. The minimum atomic E-state index is -0.905. The number of nitrogens with zero attached hydrogens (tertiary/aromatic N) is 1. The second-order valence-electron chi connectivity index (χ2n) is 5.27. The van der Waals surface area contributed by atoms with Crippen LogP contribution in [-0.2, 0) is 9.59 Å². The zero-order chi connectivity index (χ0) is 14.3. The number of aliphatic carboxylic acids is 1. The molecule has 0 aromatic carbocycles. The summed E-state index contributed by atoms with van der Waals surface area (Å²) in [6.07, 6.45) is 1.65. The van der Waals surface area contributed by atoms with Crippen molar-refractivity contribution >= 4 is 11.9 Å². The van der Waals surface area contributed by atoms with Gasteiger partial charge >= 0.3 is 5.97 Å². The number of carboxylic acids is 1. The summed E-state index contributed by atoms with van der Waals surface area (Å²) in [5.74, 6) is -1.02. The Morgan fingerprint density at radius 1 is 1.33 bits per heavy atom. The predicted octanol–water partition coefficient (Wildman–Crippen LogP) is 1.48. The first-order valence-electron chi connectivity index (χ1n) is 6.51. The predicted molar refractivity (Wildman–Crippen MR) is 71.5 cm³/mol. The largest absolute Gasteiger partial charge is 0.480 e. The molecule has 0 bridgehead atoms. The number of hydrogen-bond acceptors (Lipinski definition) is 3. The highest BCUT2D eigenvalue weighted by atomic mass is 16.4. The summed E-state index contributed by atoms with van der Waals surface area (Å²) in [5, 5.41) is 11.8. The van der Waals surface area contributed by atoms with E-state index in [1.807, 2.05) is 27.7 Å². The maximum atomic E-state index is 12.1. The molecule has 1 unspecified atom stereocenters. The maximum Gasteiger partial charge on any atom is 0.317 e. The normalized spacial score (nSPS) is 13.4. The van der Waals surface area contributed by atoms with Crippen LogP contribution in [0.1, 0.15) is 47.5 Å². The quantitative estimate of drug-likeness (QED) is 0.692. The van der Waals surface area contributed by atoms with Crippen molar-refractivity contribution in [1.29, 1.82) is 0 Å². The van der Waals surface area contributed by atoms with Gasteiger partial charge < -0.3 is 10.4 Å². The van der Waals surface area contributed by atoms with Crippen molar-refractivity contribution in [3.05, 3.63) is 0 Å². The Kier molecular flexibility index (Phi) is 6.91. The molecule has 5 heteroatoms. The number of amides is 1. The fraction of sp³-hybridized carbons (Fsp3) is 0.846. The maximum absolute atomic E-state index is 12.1. The lowest BCUT2D eigenvalue weighted by atomic mass is 10.0. The summed E-state index contributed by atoms with van der Waals surface area (Å²) < 4.78 is 0. The Balaban J connectivity index is 4.60. The van der Waals surface area contributed by atoms with Gasteiger partial charge in [0.1, 0.15) is 0 Å². The van der Waals surface area contributed by atoms with Crippen LogP contribution in [0.25, 0.3) is 0 Å². The van der Waals surface area contributed by atoms with Crippen molar-refractivity contribution < 1.29 is 14.7 Å². The van der Waals surface area contributed by atoms with E-state index in [1.54, 1.807) is 11.8 Å². The van der Waals surface area contributed by atoms with Crippen LogP contribution in [0.15, 0.2) is 0 Å². The highest BCUT2D eigenvalue weighted by Gasteiger charge is 2.26. The molecule has 0 saturated heterocycles. The van der Waals surface area contributed by atoms with E-state index in [0.717, 1.165) is 12.8 Å². The second-order valence-corrected chi connectivity index (χ2v) is 5.27. The molecule has 106 valence electrons. The number of carbonyl (C=O) groups excluding carboxylic acids is 1. The molecular weight excluding hydrogens is 232 g/mol. The molecule has 5 nitrogen and oxygen atoms in total. The number of nitrogens with one attached hydrogen (secondary N) is 1. The van der Waals surface area contributed by atoms with E-state index >= 15 is 0 Å². The van der Waals surface area contributed by atoms with E-state index in [0.29, 0.717) is 6.54 Å². The van der Waals surface area contributed by atoms with Crippen LogP contribution >= 0.6 is 0 Å². The Hall–Kier alpha value is -1.10. The van der Waals surface area contributed by atoms with Gasteiger partial charge in [-0.3, -0.25) is 14.5 Å². The Morgan fingerprint density at radius 2 is 1.89 bits per heavy atom. The van der Waals surface area contributed by atoms with Crippen molar-refractivity contribution in [2.24, 2.45) is 0 Å². The highest BCUT2D eigenvalue weighted by molar-refractivity contribution is 5.82. The fourth-order valence-electron chi connectivity index (χ4n) is 1.56. The van der Waals surface area contributed by atoms with Gasteiger partial charge in [-0.25, -0.2) is 0 Å². The van der Waals surface area contributed by atoms with Crippen LogP contribution in [0.3, 0.4) is 0 Å². The summed E-state index contributed by atoms with van der Waals surface area (Å²) in [4.78, 5) is 24.5. The molecule has 0 aliphatic carbocycles. The van der Waals surface area contributed by atoms with E-state index in [9.17, 15) is 9.59 Å². The van der Waals surface area contributed by atoms with Gasteiger partial charge in [-0.15, -0.1) is 0 Å². The van der Waals surface area contributed by atoms with Crippen LogP contribution in [0.2, 0.25) is 0 Å². The molecule has 1 atom stereocenters. The molecule has 1 amide bonds. The molecule has 0 aromatic heterocycles. The minimum absolute atomic E-state index is 0.102. The molecule has 0 radical (unpaired) electrons. The van der Waals surface area contributed by atoms with Gasteiger partial charge in [0.25, 0.3) is 0 Å². The molecule has 0 heterocycles. The van der Waals surface area contributed by atoms with Gasteiger partial charge in [-0.05, 0) is 40.2 Å². The third kappa shape index (κ3) is 6.00. The van der Waals surface area contributed by atoms with E-state index < -0.39 is 12.0 Å². The lowest BCUT2D eigenvalue weighted by Crippen LogP contribution is -2.53. The van der Waals surface area contributed by atoms with E-state index in [1.165, 1.54) is 0 Å². The number of hydrogen-bond donors (Lipinski definition) is 2. The standard InChI is InChI=1S/C13H26N2O3/c1-6-8-15(9-11(16)17)10(3)12(18)14-13(4,5)7-2/h10H,6-9H2,1-5H3,(H,14,18)(H,16,17). The second kappa shape index (κ2) is 7.36. The topological polar surface area (TPSA) is 69.6 Å². The van der Waals surface area contributed by atoms with Crippen LogP contribution in [-0.4, -0.2) is 46.6 Å². The molecular formula is C13H26N2O3. The van der Waals surface area contributed by atoms with Gasteiger partial charge in [0.2, 0.25) is 5.91 Å². The Bertz CT molecular complexity index is 290. The lowest BCUT2D eigenvalue weighted by molar-refractivity contribution is -0.140. The molecule has 0 aromatic rings. The SMILES string of the molecule is CCCN(CC(=O)O)C(C)C(=O)NC(C)(C)CC. The number of carbonyl (C=O) groups is 2. The summed E-state index contributed by atoms with van der Waals surface area (Å²) in [6, 6.07) is -0.424. The molecule has 0 spiro atoms. The van der Waals surface area contributed by atoms with Crippen molar-refractivity contribution in [3.8, 4) is 0 Å². The zero-order valence-corrected chi connectivity index (χ0v) is 12.1.